The molecule has 0 fully saturated rings. The molecule has 0 aliphatic heterocycles. The van der Waals surface area contributed by atoms with Crippen LogP contribution < -0.4 is 24.5 Å². The Labute approximate surface area is 227 Å². The molecule has 0 atom stereocenters. The number of phenolic OH excluding ortho intramolecular Hbond substituents is 1. The molecule has 0 aliphatic rings. The largest absolute Gasteiger partial charge is 0.507 e. The van der Waals surface area contributed by atoms with Gasteiger partial charge >= 0.3 is 0 Å². The number of benzene rings is 3. The number of anilines is 1. The number of hydrazone groups is 1. The molecule has 0 bridgehead atoms. The lowest BCUT2D eigenvalue weighted by molar-refractivity contribution is 0.0956. The number of aromatic nitrogens is 1. The van der Waals surface area contributed by atoms with E-state index in [9.17, 15) is 9.90 Å². The number of carbonyl (C=O) groups is 1. The third-order valence-corrected chi connectivity index (χ3v) is 6.43. The summed E-state index contributed by atoms with van der Waals surface area (Å²) in [7, 11) is 4.62. The Hall–Kier alpha value is -4.79. The van der Waals surface area contributed by atoms with E-state index in [1.165, 1.54) is 13.3 Å². The maximum Gasteiger partial charge on any atom is 0.272 e. The van der Waals surface area contributed by atoms with Crippen LogP contribution in [0.5, 0.6) is 23.0 Å². The predicted molar refractivity (Wildman–Crippen MR) is 154 cm³/mol. The van der Waals surface area contributed by atoms with Gasteiger partial charge < -0.3 is 24.2 Å². The Morgan fingerprint density at radius 1 is 0.974 bits per heavy atom. The highest BCUT2D eigenvalue weighted by molar-refractivity contribution is 6.07. The molecule has 2 N–H and O–H groups in total. The van der Waals surface area contributed by atoms with Crippen LogP contribution in [0, 0.1) is 0 Å². The van der Waals surface area contributed by atoms with Gasteiger partial charge in [0, 0.05) is 41.4 Å². The van der Waals surface area contributed by atoms with Gasteiger partial charge in [-0.3, -0.25) is 4.79 Å². The van der Waals surface area contributed by atoms with Gasteiger partial charge in [0.1, 0.15) is 5.75 Å². The van der Waals surface area contributed by atoms with Crippen molar-refractivity contribution >= 4 is 28.7 Å². The first-order chi connectivity index (χ1) is 18.9. The number of para-hydroxylation sites is 1. The summed E-state index contributed by atoms with van der Waals surface area (Å²) in [6.45, 7) is 5.78. The molecular formula is C30H32N4O5. The zero-order valence-corrected chi connectivity index (χ0v) is 22.7. The summed E-state index contributed by atoms with van der Waals surface area (Å²) in [5, 5.41) is 15.3. The fourth-order valence-corrected chi connectivity index (χ4v) is 4.39. The van der Waals surface area contributed by atoms with Gasteiger partial charge in [-0.1, -0.05) is 18.2 Å². The maximum atomic E-state index is 13.3. The molecule has 202 valence electrons. The number of aromatic hydroxyl groups is 1. The van der Waals surface area contributed by atoms with Gasteiger partial charge in [-0.05, 0) is 50.2 Å². The van der Waals surface area contributed by atoms with Gasteiger partial charge in [0.25, 0.3) is 5.91 Å². The molecular weight excluding hydrogens is 496 g/mol. The number of nitrogens with zero attached hydrogens (tertiary/aromatic N) is 3. The zero-order chi connectivity index (χ0) is 27.9. The van der Waals surface area contributed by atoms with Crippen molar-refractivity contribution in [2.45, 2.75) is 13.8 Å². The SMILES string of the molecule is CCN(CC)c1ccc(/C=N\NC(=O)c2cc(-c3cc(OC)c(OC)c(OC)c3)nc3ccccc23)c(O)c1. The zero-order valence-electron chi connectivity index (χ0n) is 22.7. The van der Waals surface area contributed by atoms with E-state index in [0.29, 0.717) is 50.5 Å². The average molecular weight is 529 g/mol. The van der Waals surface area contributed by atoms with Gasteiger partial charge in [0.15, 0.2) is 11.5 Å². The molecule has 1 heterocycles. The second kappa shape index (κ2) is 12.2. The van der Waals surface area contributed by atoms with Crippen LogP contribution in [-0.4, -0.2) is 56.6 Å². The van der Waals surface area contributed by atoms with Crippen LogP contribution in [-0.2, 0) is 0 Å². The van der Waals surface area contributed by atoms with Crippen LogP contribution in [0.4, 0.5) is 5.69 Å². The first kappa shape index (κ1) is 27.3. The summed E-state index contributed by atoms with van der Waals surface area (Å²) < 4.78 is 16.4. The molecule has 4 aromatic rings. The smallest absolute Gasteiger partial charge is 0.272 e. The van der Waals surface area contributed by atoms with Crippen LogP contribution in [0.15, 0.2) is 65.8 Å². The number of methoxy groups -OCH3 is 3. The van der Waals surface area contributed by atoms with Crippen LogP contribution in [0.25, 0.3) is 22.2 Å². The van der Waals surface area contributed by atoms with E-state index in [0.717, 1.165) is 18.8 Å². The molecule has 1 amide bonds. The predicted octanol–water partition coefficient (Wildman–Crippen LogP) is 5.24. The Balaban J connectivity index is 1.67. The topological polar surface area (TPSA) is 106 Å². The number of hydrogen-bond acceptors (Lipinski definition) is 8. The van der Waals surface area contributed by atoms with Crippen molar-refractivity contribution in [1.29, 1.82) is 0 Å². The van der Waals surface area contributed by atoms with Crippen molar-refractivity contribution in [3.8, 4) is 34.3 Å². The standard InChI is InChI=1S/C30H32N4O5/c1-6-34(7-2)21-13-12-19(26(35)16-21)18-31-33-30(36)23-17-25(32-24-11-9-8-10-22(23)24)20-14-27(37-3)29(39-5)28(15-20)38-4/h8-18,35H,6-7H2,1-5H3,(H,33,36)/b31-18-. The van der Waals surface area contributed by atoms with Gasteiger partial charge in [-0.15, -0.1) is 0 Å². The van der Waals surface area contributed by atoms with Crippen LogP contribution in [0.1, 0.15) is 29.8 Å². The van der Waals surface area contributed by atoms with Crippen molar-refractivity contribution in [3.63, 3.8) is 0 Å². The van der Waals surface area contributed by atoms with E-state index in [1.807, 2.05) is 30.3 Å². The number of carbonyl (C=O) groups excluding carboxylic acids is 1. The lowest BCUT2D eigenvalue weighted by Gasteiger charge is -2.21. The Kier molecular flexibility index (Phi) is 8.50. The van der Waals surface area contributed by atoms with Crippen LogP contribution in [0.2, 0.25) is 0 Å². The van der Waals surface area contributed by atoms with Crippen molar-refractivity contribution in [1.82, 2.24) is 10.4 Å². The third-order valence-electron chi connectivity index (χ3n) is 6.43. The average Bonchev–Trinajstić information content (AvgIpc) is 2.97. The normalized spacial score (nSPS) is 11.0. The molecule has 0 radical (unpaired) electrons. The van der Waals surface area contributed by atoms with Gasteiger partial charge in [-0.25, -0.2) is 10.4 Å². The first-order valence-corrected chi connectivity index (χ1v) is 12.6. The highest BCUT2D eigenvalue weighted by atomic mass is 16.5. The second-order valence-corrected chi connectivity index (χ2v) is 8.60. The second-order valence-electron chi connectivity index (χ2n) is 8.60. The fourth-order valence-electron chi connectivity index (χ4n) is 4.39. The highest BCUT2D eigenvalue weighted by Gasteiger charge is 2.18. The van der Waals surface area contributed by atoms with Crippen molar-refractivity contribution in [3.05, 3.63) is 71.8 Å². The number of phenols is 1. The van der Waals surface area contributed by atoms with Crippen molar-refractivity contribution in [2.24, 2.45) is 5.10 Å². The number of ether oxygens (including phenoxy) is 3. The minimum Gasteiger partial charge on any atom is -0.507 e. The Morgan fingerprint density at radius 3 is 2.28 bits per heavy atom. The molecule has 0 saturated carbocycles. The molecule has 0 saturated heterocycles. The monoisotopic (exact) mass is 528 g/mol. The molecule has 0 aliphatic carbocycles. The molecule has 4 rings (SSSR count). The van der Waals surface area contributed by atoms with Gasteiger partial charge in [-0.2, -0.15) is 5.10 Å². The van der Waals surface area contributed by atoms with Crippen molar-refractivity contribution in [2.75, 3.05) is 39.3 Å². The third kappa shape index (κ3) is 5.72. The van der Waals surface area contributed by atoms with Crippen LogP contribution in [0.3, 0.4) is 0 Å². The number of pyridine rings is 1. The van der Waals surface area contributed by atoms with E-state index < -0.39 is 5.91 Å². The van der Waals surface area contributed by atoms with Crippen molar-refractivity contribution < 1.29 is 24.1 Å². The van der Waals surface area contributed by atoms with E-state index in [-0.39, 0.29) is 5.75 Å². The first-order valence-electron chi connectivity index (χ1n) is 12.6. The minimum atomic E-state index is -0.419. The van der Waals surface area contributed by atoms with Gasteiger partial charge in [0.05, 0.1) is 44.3 Å². The summed E-state index contributed by atoms with van der Waals surface area (Å²) in [4.78, 5) is 20.2. The maximum absolute atomic E-state index is 13.3. The summed E-state index contributed by atoms with van der Waals surface area (Å²) in [5.74, 6) is 1.08. The molecule has 0 spiro atoms. The summed E-state index contributed by atoms with van der Waals surface area (Å²) in [6, 6.07) is 18.0. The van der Waals surface area contributed by atoms with Gasteiger partial charge in [0.2, 0.25) is 5.75 Å². The molecule has 1 aromatic heterocycles. The minimum absolute atomic E-state index is 0.0800. The number of hydrogen-bond donors (Lipinski definition) is 2. The molecule has 9 nitrogen and oxygen atoms in total. The fraction of sp³-hybridized carbons (Fsp3) is 0.233. The summed E-state index contributed by atoms with van der Waals surface area (Å²) in [5.41, 5.74) is 6.25. The number of rotatable bonds is 10. The number of amides is 1. The molecule has 9 heteroatoms. The quantitative estimate of drug-likeness (QED) is 0.214. The van der Waals surface area contributed by atoms with E-state index in [2.05, 4.69) is 29.3 Å². The van der Waals surface area contributed by atoms with E-state index in [4.69, 9.17) is 19.2 Å². The highest BCUT2D eigenvalue weighted by Crippen LogP contribution is 2.41. The Morgan fingerprint density at radius 2 is 1.67 bits per heavy atom. The summed E-state index contributed by atoms with van der Waals surface area (Å²) in [6.07, 6.45) is 1.42. The molecule has 39 heavy (non-hydrogen) atoms. The molecule has 3 aromatic carbocycles. The van der Waals surface area contributed by atoms with E-state index >= 15 is 0 Å². The number of fused-ring (bicyclic) bond motifs is 1. The Bertz CT molecular complexity index is 1490. The lowest BCUT2D eigenvalue weighted by atomic mass is 10.0. The molecule has 0 unspecified atom stereocenters. The van der Waals surface area contributed by atoms with Crippen LogP contribution >= 0.6 is 0 Å². The summed E-state index contributed by atoms with van der Waals surface area (Å²) >= 11 is 0. The number of nitrogens with one attached hydrogen (secondary N) is 1. The van der Waals surface area contributed by atoms with E-state index in [1.54, 1.807) is 44.6 Å². The lowest BCUT2D eigenvalue weighted by Crippen LogP contribution is -2.21.